The highest BCUT2D eigenvalue weighted by Gasteiger charge is 2.31. The van der Waals surface area contributed by atoms with E-state index >= 15 is 0 Å². The number of aromatic nitrogens is 5. The summed E-state index contributed by atoms with van der Waals surface area (Å²) in [5.74, 6) is 1.13. The highest BCUT2D eigenvalue weighted by atomic mass is 15.4. The molecular weight excluding hydrogens is 242 g/mol. The first-order chi connectivity index (χ1) is 9.15. The standard InChI is InChI=1S/C12H17N7/c1-12(4-2-5-12)8-14-10-16-9(13)17-11(18-10)19-7-3-6-15-19/h3,6-7H,2,4-5,8H2,1H3,(H3,13,14,16,17,18). The van der Waals surface area contributed by atoms with Crippen molar-refractivity contribution in [2.24, 2.45) is 5.41 Å². The first-order valence-corrected chi connectivity index (χ1v) is 6.40. The van der Waals surface area contributed by atoms with Crippen molar-refractivity contribution < 1.29 is 0 Å². The molecule has 0 radical (unpaired) electrons. The van der Waals surface area contributed by atoms with Crippen LogP contribution in [0.15, 0.2) is 18.5 Å². The maximum atomic E-state index is 5.71. The molecule has 2 aromatic heterocycles. The summed E-state index contributed by atoms with van der Waals surface area (Å²) in [5, 5.41) is 7.33. The van der Waals surface area contributed by atoms with Gasteiger partial charge in [-0.1, -0.05) is 13.3 Å². The van der Waals surface area contributed by atoms with Crippen LogP contribution in [0.5, 0.6) is 0 Å². The molecule has 3 N–H and O–H groups in total. The molecule has 0 aromatic carbocycles. The second-order valence-electron chi connectivity index (χ2n) is 5.29. The van der Waals surface area contributed by atoms with Crippen molar-refractivity contribution in [3.8, 4) is 5.95 Å². The van der Waals surface area contributed by atoms with Crippen LogP contribution in [0.1, 0.15) is 26.2 Å². The van der Waals surface area contributed by atoms with Gasteiger partial charge in [-0.25, -0.2) is 4.68 Å². The molecule has 2 aromatic rings. The van der Waals surface area contributed by atoms with Crippen LogP contribution in [0, 0.1) is 5.41 Å². The molecule has 0 amide bonds. The summed E-state index contributed by atoms with van der Waals surface area (Å²) in [6, 6.07) is 1.81. The average Bonchev–Trinajstić information content (AvgIpc) is 2.87. The molecule has 1 saturated carbocycles. The topological polar surface area (TPSA) is 94.5 Å². The Bertz CT molecular complexity index is 559. The van der Waals surface area contributed by atoms with Crippen LogP contribution in [-0.2, 0) is 0 Å². The van der Waals surface area contributed by atoms with E-state index in [9.17, 15) is 0 Å². The molecule has 0 unspecified atom stereocenters. The van der Waals surface area contributed by atoms with Crippen LogP contribution in [0.2, 0.25) is 0 Å². The number of nitrogens with two attached hydrogens (primary N) is 1. The third kappa shape index (κ3) is 2.49. The Morgan fingerprint density at radius 1 is 1.37 bits per heavy atom. The first-order valence-electron chi connectivity index (χ1n) is 6.40. The number of hydrogen-bond donors (Lipinski definition) is 2. The number of anilines is 2. The van der Waals surface area contributed by atoms with Gasteiger partial charge in [0.05, 0.1) is 0 Å². The minimum absolute atomic E-state index is 0.196. The summed E-state index contributed by atoms with van der Waals surface area (Å²) < 4.78 is 1.56. The van der Waals surface area contributed by atoms with E-state index in [1.54, 1.807) is 17.1 Å². The molecule has 0 aliphatic heterocycles. The van der Waals surface area contributed by atoms with Gasteiger partial charge in [0, 0.05) is 18.9 Å². The highest BCUT2D eigenvalue weighted by Crippen LogP contribution is 2.39. The van der Waals surface area contributed by atoms with Crippen molar-refractivity contribution >= 4 is 11.9 Å². The van der Waals surface area contributed by atoms with Crippen molar-refractivity contribution in [1.82, 2.24) is 24.7 Å². The lowest BCUT2D eigenvalue weighted by Gasteiger charge is -2.38. The predicted molar refractivity (Wildman–Crippen MR) is 71.8 cm³/mol. The molecule has 19 heavy (non-hydrogen) atoms. The van der Waals surface area contributed by atoms with Gasteiger partial charge in [-0.05, 0) is 24.3 Å². The molecule has 2 heterocycles. The summed E-state index contributed by atoms with van der Waals surface area (Å²) in [6.45, 7) is 3.12. The molecule has 0 saturated heterocycles. The molecule has 0 spiro atoms. The second-order valence-corrected chi connectivity index (χ2v) is 5.29. The summed E-state index contributed by atoms with van der Waals surface area (Å²) >= 11 is 0. The highest BCUT2D eigenvalue weighted by molar-refractivity contribution is 5.35. The van der Waals surface area contributed by atoms with Crippen LogP contribution >= 0.6 is 0 Å². The van der Waals surface area contributed by atoms with Crippen molar-refractivity contribution in [3.05, 3.63) is 18.5 Å². The van der Waals surface area contributed by atoms with Gasteiger partial charge >= 0.3 is 0 Å². The summed E-state index contributed by atoms with van der Waals surface area (Å²) in [4.78, 5) is 12.5. The van der Waals surface area contributed by atoms with Crippen molar-refractivity contribution in [2.75, 3.05) is 17.6 Å². The molecule has 1 fully saturated rings. The van der Waals surface area contributed by atoms with E-state index < -0.39 is 0 Å². The van der Waals surface area contributed by atoms with Gasteiger partial charge in [0.2, 0.25) is 11.9 Å². The van der Waals surface area contributed by atoms with Gasteiger partial charge in [0.1, 0.15) is 0 Å². The molecule has 7 nitrogen and oxygen atoms in total. The largest absolute Gasteiger partial charge is 0.368 e. The van der Waals surface area contributed by atoms with Crippen LogP contribution < -0.4 is 11.1 Å². The minimum atomic E-state index is 0.196. The fourth-order valence-corrected chi connectivity index (χ4v) is 2.20. The number of nitrogens with zero attached hydrogens (tertiary/aromatic N) is 5. The van der Waals surface area contributed by atoms with E-state index in [1.807, 2.05) is 6.07 Å². The number of rotatable bonds is 4. The quantitative estimate of drug-likeness (QED) is 0.857. The molecular formula is C12H17N7. The van der Waals surface area contributed by atoms with E-state index in [1.165, 1.54) is 19.3 Å². The van der Waals surface area contributed by atoms with E-state index in [0.717, 1.165) is 6.54 Å². The van der Waals surface area contributed by atoms with E-state index in [2.05, 4.69) is 32.3 Å². The van der Waals surface area contributed by atoms with Crippen molar-refractivity contribution in [2.45, 2.75) is 26.2 Å². The number of hydrogen-bond acceptors (Lipinski definition) is 6. The average molecular weight is 259 g/mol. The Hall–Kier alpha value is -2.18. The normalized spacial score (nSPS) is 16.9. The molecule has 3 rings (SSSR count). The van der Waals surface area contributed by atoms with Crippen LogP contribution in [0.25, 0.3) is 5.95 Å². The molecule has 7 heteroatoms. The Balaban J connectivity index is 1.78. The third-order valence-electron chi connectivity index (χ3n) is 3.58. The Morgan fingerprint density at radius 2 is 2.21 bits per heavy atom. The van der Waals surface area contributed by atoms with E-state index in [0.29, 0.717) is 17.3 Å². The fraction of sp³-hybridized carbons (Fsp3) is 0.500. The predicted octanol–water partition coefficient (Wildman–Crippen LogP) is 1.24. The SMILES string of the molecule is CC1(CNc2nc(N)nc(-n3cccn3)n2)CCC1. The summed E-state index contributed by atoms with van der Waals surface area (Å²) in [6.07, 6.45) is 7.23. The molecule has 1 aliphatic carbocycles. The van der Waals surface area contributed by atoms with Gasteiger partial charge < -0.3 is 11.1 Å². The van der Waals surface area contributed by atoms with E-state index in [-0.39, 0.29) is 5.95 Å². The van der Waals surface area contributed by atoms with Gasteiger partial charge in [-0.15, -0.1) is 0 Å². The van der Waals surface area contributed by atoms with Crippen molar-refractivity contribution in [3.63, 3.8) is 0 Å². The van der Waals surface area contributed by atoms with Crippen LogP contribution in [-0.4, -0.2) is 31.3 Å². The molecule has 0 bridgehead atoms. The lowest BCUT2D eigenvalue weighted by Crippen LogP contribution is -2.33. The molecule has 1 aliphatic rings. The van der Waals surface area contributed by atoms with Gasteiger partial charge in [0.25, 0.3) is 5.95 Å². The lowest BCUT2D eigenvalue weighted by molar-refractivity contribution is 0.179. The number of nitrogen functional groups attached to an aromatic ring is 1. The van der Waals surface area contributed by atoms with Crippen LogP contribution in [0.3, 0.4) is 0 Å². The molecule has 100 valence electrons. The zero-order valence-electron chi connectivity index (χ0n) is 10.9. The maximum absolute atomic E-state index is 5.71. The first kappa shape index (κ1) is 11.9. The van der Waals surface area contributed by atoms with Crippen molar-refractivity contribution in [1.29, 1.82) is 0 Å². The van der Waals surface area contributed by atoms with Crippen LogP contribution in [0.4, 0.5) is 11.9 Å². The Morgan fingerprint density at radius 3 is 2.84 bits per heavy atom. The maximum Gasteiger partial charge on any atom is 0.257 e. The van der Waals surface area contributed by atoms with Gasteiger partial charge in [-0.3, -0.25) is 0 Å². The van der Waals surface area contributed by atoms with E-state index in [4.69, 9.17) is 5.73 Å². The minimum Gasteiger partial charge on any atom is -0.368 e. The fourth-order valence-electron chi connectivity index (χ4n) is 2.20. The lowest BCUT2D eigenvalue weighted by atomic mass is 9.70. The third-order valence-corrected chi connectivity index (χ3v) is 3.58. The summed E-state index contributed by atoms with van der Waals surface area (Å²) in [5.41, 5.74) is 6.06. The monoisotopic (exact) mass is 259 g/mol. The molecule has 0 atom stereocenters. The summed E-state index contributed by atoms with van der Waals surface area (Å²) in [7, 11) is 0. The van der Waals surface area contributed by atoms with Gasteiger partial charge in [0.15, 0.2) is 0 Å². The smallest absolute Gasteiger partial charge is 0.257 e. The second kappa shape index (κ2) is 4.49. The Kier molecular flexibility index (Phi) is 2.81. The zero-order chi connectivity index (χ0) is 13.3. The van der Waals surface area contributed by atoms with Gasteiger partial charge in [-0.2, -0.15) is 20.1 Å². The number of nitrogens with one attached hydrogen (secondary N) is 1. The Labute approximate surface area is 111 Å². The zero-order valence-corrected chi connectivity index (χ0v) is 10.9.